The van der Waals surface area contributed by atoms with Crippen LogP contribution in [-0.4, -0.2) is 49.4 Å². The van der Waals surface area contributed by atoms with E-state index in [4.69, 9.17) is 0 Å². The fourth-order valence-electron chi connectivity index (χ4n) is 1.76. The van der Waals surface area contributed by atoms with Gasteiger partial charge in [0.2, 0.25) is 11.8 Å². The predicted octanol–water partition coefficient (Wildman–Crippen LogP) is 0.877. The molecule has 0 saturated heterocycles. The Morgan fingerprint density at radius 1 is 1.13 bits per heavy atom. The van der Waals surface area contributed by atoms with Gasteiger partial charge >= 0.3 is 6.03 Å². The second-order valence-corrected chi connectivity index (χ2v) is 5.13. The van der Waals surface area contributed by atoms with Crippen molar-refractivity contribution in [3.05, 3.63) is 42.5 Å². The zero-order chi connectivity index (χ0) is 17.2. The van der Waals surface area contributed by atoms with Gasteiger partial charge in [0.25, 0.3) is 0 Å². The number of aryl methyl sites for hydroxylation is 1. The highest BCUT2D eigenvalue weighted by Gasteiger charge is 2.12. The summed E-state index contributed by atoms with van der Waals surface area (Å²) in [6.07, 6.45) is 1.51. The van der Waals surface area contributed by atoms with Gasteiger partial charge in [-0.3, -0.25) is 19.8 Å². The van der Waals surface area contributed by atoms with E-state index in [2.05, 4.69) is 22.5 Å². The van der Waals surface area contributed by atoms with E-state index < -0.39 is 11.9 Å². The van der Waals surface area contributed by atoms with Crippen LogP contribution in [0.1, 0.15) is 5.56 Å². The molecule has 0 unspecified atom stereocenters. The number of hydrogen-bond acceptors (Lipinski definition) is 4. The summed E-state index contributed by atoms with van der Waals surface area (Å²) in [5.74, 6) is -0.725. The van der Waals surface area contributed by atoms with Crippen LogP contribution in [0.5, 0.6) is 0 Å². The average molecular weight is 318 g/mol. The fraction of sp³-hybridized carbons (Fsp3) is 0.312. The third-order valence-corrected chi connectivity index (χ3v) is 2.82. The van der Waals surface area contributed by atoms with Gasteiger partial charge in [0, 0.05) is 12.2 Å². The lowest BCUT2D eigenvalue weighted by Gasteiger charge is -2.15. The lowest BCUT2D eigenvalue weighted by molar-refractivity contribution is -0.122. The van der Waals surface area contributed by atoms with Crippen LogP contribution in [0.3, 0.4) is 0 Å². The van der Waals surface area contributed by atoms with E-state index in [9.17, 15) is 14.4 Å². The van der Waals surface area contributed by atoms with Gasteiger partial charge < -0.3 is 10.6 Å². The maximum Gasteiger partial charge on any atom is 0.321 e. The highest BCUT2D eigenvalue weighted by atomic mass is 16.2. The number of urea groups is 1. The van der Waals surface area contributed by atoms with Gasteiger partial charge in [0.05, 0.1) is 13.1 Å². The van der Waals surface area contributed by atoms with Crippen molar-refractivity contribution in [2.45, 2.75) is 6.92 Å². The Balaban J connectivity index is 2.34. The topological polar surface area (TPSA) is 90.5 Å². The van der Waals surface area contributed by atoms with Crippen LogP contribution in [0.15, 0.2) is 36.9 Å². The first kappa shape index (κ1) is 18.4. The van der Waals surface area contributed by atoms with Crippen molar-refractivity contribution in [1.29, 1.82) is 0 Å². The van der Waals surface area contributed by atoms with E-state index >= 15 is 0 Å². The first-order chi connectivity index (χ1) is 10.9. The molecule has 0 bridgehead atoms. The Morgan fingerprint density at radius 2 is 1.74 bits per heavy atom. The van der Waals surface area contributed by atoms with Crippen molar-refractivity contribution in [2.75, 3.05) is 32.0 Å². The summed E-state index contributed by atoms with van der Waals surface area (Å²) in [4.78, 5) is 36.3. The maximum absolute atomic E-state index is 11.9. The molecule has 0 radical (unpaired) electrons. The smallest absolute Gasteiger partial charge is 0.321 e. The third-order valence-electron chi connectivity index (χ3n) is 2.82. The van der Waals surface area contributed by atoms with E-state index in [0.717, 1.165) is 5.56 Å². The molecule has 0 spiro atoms. The van der Waals surface area contributed by atoms with Crippen molar-refractivity contribution >= 4 is 23.5 Å². The molecule has 1 rings (SSSR count). The van der Waals surface area contributed by atoms with Crippen molar-refractivity contribution in [3.63, 3.8) is 0 Å². The lowest BCUT2D eigenvalue weighted by Crippen LogP contribution is -2.45. The summed E-state index contributed by atoms with van der Waals surface area (Å²) in [6, 6.07) is 6.82. The van der Waals surface area contributed by atoms with Gasteiger partial charge in [0.1, 0.15) is 0 Å². The van der Waals surface area contributed by atoms with Crippen LogP contribution in [0, 0.1) is 6.92 Å². The molecule has 0 aliphatic heterocycles. The molecule has 0 aliphatic rings. The van der Waals surface area contributed by atoms with Crippen LogP contribution >= 0.6 is 0 Å². The zero-order valence-corrected chi connectivity index (χ0v) is 13.4. The molecule has 0 aromatic heterocycles. The summed E-state index contributed by atoms with van der Waals surface area (Å²) in [6.45, 7) is 5.66. The van der Waals surface area contributed by atoms with Crippen LogP contribution in [0.4, 0.5) is 10.5 Å². The number of nitrogens with zero attached hydrogens (tertiary/aromatic N) is 1. The molecule has 7 heteroatoms. The van der Waals surface area contributed by atoms with E-state index in [1.165, 1.54) is 11.0 Å². The van der Waals surface area contributed by atoms with E-state index in [1.807, 2.05) is 31.2 Å². The number of rotatable bonds is 7. The molecule has 1 aromatic rings. The Labute approximate surface area is 135 Å². The van der Waals surface area contributed by atoms with Crippen molar-refractivity contribution in [2.24, 2.45) is 0 Å². The van der Waals surface area contributed by atoms with E-state index in [1.54, 1.807) is 7.05 Å². The standard InChI is InChI=1S/C16H22N4O3/c1-4-9-17-16(23)19-15(22)11-20(3)10-14(21)18-13-7-5-12(2)6-8-13/h4-8H,1,9-11H2,2-3H3,(H,18,21)(H2,17,19,22,23). The second-order valence-electron chi connectivity index (χ2n) is 5.13. The number of imide groups is 1. The molecule has 0 atom stereocenters. The van der Waals surface area contributed by atoms with Crippen molar-refractivity contribution < 1.29 is 14.4 Å². The number of benzene rings is 1. The summed E-state index contributed by atoms with van der Waals surface area (Å²) in [7, 11) is 1.62. The molecule has 1 aromatic carbocycles. The number of carbonyl (C=O) groups is 3. The number of nitrogens with one attached hydrogen (secondary N) is 3. The van der Waals surface area contributed by atoms with Crippen molar-refractivity contribution in [1.82, 2.24) is 15.5 Å². The molecule has 4 amide bonds. The van der Waals surface area contributed by atoms with E-state index in [-0.39, 0.29) is 25.5 Å². The summed E-state index contributed by atoms with van der Waals surface area (Å²) >= 11 is 0. The molecule has 0 aliphatic carbocycles. The number of carbonyl (C=O) groups excluding carboxylic acids is 3. The molecule has 0 fully saturated rings. The number of amides is 4. The molecule has 124 valence electrons. The van der Waals surface area contributed by atoms with Crippen LogP contribution < -0.4 is 16.0 Å². The van der Waals surface area contributed by atoms with Crippen LogP contribution in [0.2, 0.25) is 0 Å². The highest BCUT2D eigenvalue weighted by Crippen LogP contribution is 2.08. The predicted molar refractivity (Wildman–Crippen MR) is 89.0 cm³/mol. The van der Waals surface area contributed by atoms with Gasteiger partial charge in [-0.05, 0) is 26.1 Å². The Morgan fingerprint density at radius 3 is 2.35 bits per heavy atom. The number of hydrogen-bond donors (Lipinski definition) is 3. The zero-order valence-electron chi connectivity index (χ0n) is 13.4. The van der Waals surface area contributed by atoms with Gasteiger partial charge in [-0.2, -0.15) is 0 Å². The molecule has 23 heavy (non-hydrogen) atoms. The Bertz CT molecular complexity index is 569. The molecular weight excluding hydrogens is 296 g/mol. The second kappa shape index (κ2) is 9.37. The molecule has 3 N–H and O–H groups in total. The fourth-order valence-corrected chi connectivity index (χ4v) is 1.76. The highest BCUT2D eigenvalue weighted by molar-refractivity contribution is 5.96. The Kier molecular flexibility index (Phi) is 7.49. The van der Waals surface area contributed by atoms with Gasteiger partial charge in [-0.15, -0.1) is 6.58 Å². The molecular formula is C16H22N4O3. The minimum atomic E-state index is -0.590. The molecule has 0 saturated carbocycles. The monoisotopic (exact) mass is 318 g/mol. The first-order valence-electron chi connectivity index (χ1n) is 7.14. The van der Waals surface area contributed by atoms with E-state index in [0.29, 0.717) is 5.69 Å². The van der Waals surface area contributed by atoms with Crippen LogP contribution in [-0.2, 0) is 9.59 Å². The number of anilines is 1. The number of likely N-dealkylation sites (N-methyl/N-ethyl adjacent to an activating group) is 1. The Hall–Kier alpha value is -2.67. The summed E-state index contributed by atoms with van der Waals surface area (Å²) in [5, 5.41) is 7.33. The molecule has 7 nitrogen and oxygen atoms in total. The average Bonchev–Trinajstić information content (AvgIpc) is 2.47. The first-order valence-corrected chi connectivity index (χ1v) is 7.14. The normalized spacial score (nSPS) is 10.0. The minimum absolute atomic E-state index is 0.0373. The van der Waals surface area contributed by atoms with Crippen LogP contribution in [0.25, 0.3) is 0 Å². The summed E-state index contributed by atoms with van der Waals surface area (Å²) < 4.78 is 0. The van der Waals surface area contributed by atoms with Gasteiger partial charge in [-0.25, -0.2) is 4.79 Å². The largest absolute Gasteiger partial charge is 0.334 e. The van der Waals surface area contributed by atoms with Gasteiger partial charge in [0.15, 0.2) is 0 Å². The lowest BCUT2D eigenvalue weighted by atomic mass is 10.2. The van der Waals surface area contributed by atoms with Gasteiger partial charge in [-0.1, -0.05) is 23.8 Å². The quantitative estimate of drug-likeness (QED) is 0.651. The SMILES string of the molecule is C=CCNC(=O)NC(=O)CN(C)CC(=O)Nc1ccc(C)cc1. The molecule has 0 heterocycles. The van der Waals surface area contributed by atoms with Crippen molar-refractivity contribution in [3.8, 4) is 0 Å². The third kappa shape index (κ3) is 7.77. The maximum atomic E-state index is 11.9. The summed E-state index contributed by atoms with van der Waals surface area (Å²) in [5.41, 5.74) is 1.80. The minimum Gasteiger partial charge on any atom is -0.334 e.